The molecule has 1 rings (SSSR count). The average Bonchev–Trinajstić information content (AvgIpc) is 2.68. The van der Waals surface area contributed by atoms with Crippen LogP contribution >= 0.6 is 0 Å². The van der Waals surface area contributed by atoms with Crippen LogP contribution in [0, 0.1) is 10.1 Å². The normalized spacial score (nSPS) is 10.1. The summed E-state index contributed by atoms with van der Waals surface area (Å²) in [4.78, 5) is 24.8. The Hall–Kier alpha value is -2.12. The van der Waals surface area contributed by atoms with Gasteiger partial charge in [-0.25, -0.2) is 9.36 Å². The van der Waals surface area contributed by atoms with Crippen LogP contribution < -0.4 is 5.32 Å². The maximum atomic E-state index is 11.2. The van der Waals surface area contributed by atoms with Crippen LogP contribution in [0.4, 0.5) is 10.7 Å². The number of alkyl carbamates (subject to hydrolysis) is 1. The number of imidazole rings is 1. The first-order valence-corrected chi connectivity index (χ1v) is 5.61. The van der Waals surface area contributed by atoms with Crippen LogP contribution in [0.15, 0.2) is 6.20 Å². The molecule has 0 aliphatic carbocycles. The first-order chi connectivity index (χ1) is 8.56. The van der Waals surface area contributed by atoms with Gasteiger partial charge < -0.3 is 20.2 Å². The summed E-state index contributed by atoms with van der Waals surface area (Å²) in [7, 11) is 1.50. The van der Waals surface area contributed by atoms with Gasteiger partial charge in [-0.15, -0.1) is 0 Å². The Bertz CT molecular complexity index is 430. The van der Waals surface area contributed by atoms with Crippen LogP contribution in [0.2, 0.25) is 0 Å². The molecule has 0 aliphatic rings. The van der Waals surface area contributed by atoms with E-state index in [9.17, 15) is 14.9 Å². The van der Waals surface area contributed by atoms with Gasteiger partial charge in [-0.3, -0.25) is 0 Å². The molecule has 0 fully saturated rings. The fourth-order valence-corrected chi connectivity index (χ4v) is 1.30. The fourth-order valence-electron chi connectivity index (χ4n) is 1.30. The van der Waals surface area contributed by atoms with Crippen molar-refractivity contribution < 1.29 is 14.5 Å². The van der Waals surface area contributed by atoms with E-state index in [0.717, 1.165) is 12.8 Å². The number of hydrogen-bond donors (Lipinski definition) is 1. The lowest BCUT2D eigenvalue weighted by Crippen LogP contribution is -2.25. The third-order valence-electron chi connectivity index (χ3n) is 2.37. The lowest BCUT2D eigenvalue weighted by Gasteiger charge is -2.05. The number of aromatic nitrogens is 2. The Balaban J connectivity index is 2.44. The Labute approximate surface area is 104 Å². The Morgan fingerprint density at radius 2 is 2.39 bits per heavy atom. The minimum atomic E-state index is -0.592. The predicted octanol–water partition coefficient (Wildman–Crippen LogP) is 1.35. The van der Waals surface area contributed by atoms with Crippen molar-refractivity contribution in [3.05, 3.63) is 22.0 Å². The first-order valence-electron chi connectivity index (χ1n) is 5.61. The number of carbonyl (C=O) groups excluding carboxylic acids is 1. The van der Waals surface area contributed by atoms with Crippen LogP contribution in [-0.4, -0.2) is 27.1 Å². The van der Waals surface area contributed by atoms with Gasteiger partial charge in [0.1, 0.15) is 6.20 Å². The molecule has 0 saturated heterocycles. The average molecular weight is 256 g/mol. The molecule has 100 valence electrons. The van der Waals surface area contributed by atoms with Gasteiger partial charge in [-0.1, -0.05) is 18.3 Å². The van der Waals surface area contributed by atoms with Crippen molar-refractivity contribution in [2.75, 3.05) is 6.54 Å². The highest BCUT2D eigenvalue weighted by Crippen LogP contribution is 2.11. The largest absolute Gasteiger partial charge is 0.441 e. The minimum absolute atomic E-state index is 0.0463. The second kappa shape index (κ2) is 6.58. The zero-order valence-electron chi connectivity index (χ0n) is 10.4. The monoisotopic (exact) mass is 256 g/mol. The lowest BCUT2D eigenvalue weighted by molar-refractivity contribution is -0.396. The third kappa shape index (κ3) is 3.72. The summed E-state index contributed by atoms with van der Waals surface area (Å²) in [5.74, 6) is -0.278. The Morgan fingerprint density at radius 1 is 1.67 bits per heavy atom. The van der Waals surface area contributed by atoms with Crippen LogP contribution in [0.5, 0.6) is 0 Å². The van der Waals surface area contributed by atoms with E-state index in [2.05, 4.69) is 10.3 Å². The molecule has 1 N–H and O–H groups in total. The van der Waals surface area contributed by atoms with E-state index in [1.165, 1.54) is 17.8 Å². The molecule has 18 heavy (non-hydrogen) atoms. The summed E-state index contributed by atoms with van der Waals surface area (Å²) in [6.45, 7) is 2.53. The highest BCUT2D eigenvalue weighted by atomic mass is 16.6. The molecule has 0 spiro atoms. The number of rotatable bonds is 6. The topological polar surface area (TPSA) is 99.3 Å². The number of carbonyl (C=O) groups is 1. The standard InChI is InChI=1S/C10H16N4O4/c1-3-4-5-11-10(15)18-7-8-6-12-9(13(8)2)14(16)17/h6H,3-5,7H2,1-2H3,(H,11,15). The van der Waals surface area contributed by atoms with Crippen LogP contribution in [0.25, 0.3) is 0 Å². The maximum Gasteiger partial charge on any atom is 0.434 e. The highest BCUT2D eigenvalue weighted by Gasteiger charge is 2.18. The molecule has 0 bridgehead atoms. The van der Waals surface area contributed by atoms with Gasteiger partial charge in [0.15, 0.2) is 12.3 Å². The van der Waals surface area contributed by atoms with Gasteiger partial charge in [0, 0.05) is 6.54 Å². The summed E-state index contributed by atoms with van der Waals surface area (Å²) in [6, 6.07) is 0. The zero-order chi connectivity index (χ0) is 13.5. The van der Waals surface area contributed by atoms with Crippen LogP contribution in [0.1, 0.15) is 25.5 Å². The third-order valence-corrected chi connectivity index (χ3v) is 2.37. The van der Waals surface area contributed by atoms with E-state index in [4.69, 9.17) is 4.74 Å². The van der Waals surface area contributed by atoms with E-state index in [0.29, 0.717) is 12.2 Å². The molecule has 1 aromatic heterocycles. The molecule has 0 aromatic carbocycles. The molecule has 1 amide bonds. The Kier molecular flexibility index (Phi) is 5.09. The van der Waals surface area contributed by atoms with Gasteiger partial charge in [0.05, 0.1) is 7.05 Å². The zero-order valence-corrected chi connectivity index (χ0v) is 10.4. The van der Waals surface area contributed by atoms with Crippen molar-refractivity contribution >= 4 is 12.0 Å². The molecule has 0 saturated carbocycles. The van der Waals surface area contributed by atoms with Crippen molar-refractivity contribution in [2.24, 2.45) is 7.05 Å². The molecule has 0 radical (unpaired) electrons. The van der Waals surface area contributed by atoms with E-state index in [1.807, 2.05) is 6.92 Å². The molecule has 0 atom stereocenters. The second-order valence-corrected chi connectivity index (χ2v) is 3.72. The number of nitrogens with one attached hydrogen (secondary N) is 1. The summed E-state index contributed by atoms with van der Waals surface area (Å²) < 4.78 is 6.19. The summed E-state index contributed by atoms with van der Waals surface area (Å²) in [6.07, 6.45) is 2.64. The molecule has 0 aliphatic heterocycles. The van der Waals surface area contributed by atoms with Crippen molar-refractivity contribution in [3.63, 3.8) is 0 Å². The van der Waals surface area contributed by atoms with Crippen molar-refractivity contribution in [3.8, 4) is 0 Å². The van der Waals surface area contributed by atoms with Crippen LogP contribution in [-0.2, 0) is 18.4 Å². The summed E-state index contributed by atoms with van der Waals surface area (Å²) in [5, 5.41) is 13.1. The van der Waals surface area contributed by atoms with Crippen molar-refractivity contribution in [1.29, 1.82) is 0 Å². The number of ether oxygens (including phenoxy) is 1. The fraction of sp³-hybridized carbons (Fsp3) is 0.600. The van der Waals surface area contributed by atoms with Gasteiger partial charge >= 0.3 is 12.0 Å². The maximum absolute atomic E-state index is 11.2. The number of amides is 1. The molecule has 8 heteroatoms. The molecular formula is C10H16N4O4. The molecule has 1 aromatic rings. The second-order valence-electron chi connectivity index (χ2n) is 3.72. The molecule has 1 heterocycles. The smallest absolute Gasteiger partial charge is 0.434 e. The number of nitro groups is 1. The van der Waals surface area contributed by atoms with E-state index < -0.39 is 11.0 Å². The summed E-state index contributed by atoms with van der Waals surface area (Å²) in [5.41, 5.74) is 0.465. The predicted molar refractivity (Wildman–Crippen MR) is 63.0 cm³/mol. The van der Waals surface area contributed by atoms with Gasteiger partial charge in [-0.05, 0) is 11.3 Å². The molecule has 8 nitrogen and oxygen atoms in total. The molecular weight excluding hydrogens is 240 g/mol. The minimum Gasteiger partial charge on any atom is -0.441 e. The van der Waals surface area contributed by atoms with Crippen molar-refractivity contribution in [1.82, 2.24) is 14.9 Å². The lowest BCUT2D eigenvalue weighted by atomic mass is 10.3. The number of nitrogens with zero attached hydrogens (tertiary/aromatic N) is 3. The van der Waals surface area contributed by atoms with Gasteiger partial charge in [0.25, 0.3) is 0 Å². The SMILES string of the molecule is CCCCNC(=O)OCc1cnc([N+](=O)[O-])n1C. The number of unbranched alkanes of at least 4 members (excludes halogenated alkanes) is 1. The van der Waals surface area contributed by atoms with Gasteiger partial charge in [0.2, 0.25) is 0 Å². The van der Waals surface area contributed by atoms with Crippen LogP contribution in [0.3, 0.4) is 0 Å². The summed E-state index contributed by atoms with van der Waals surface area (Å²) >= 11 is 0. The highest BCUT2D eigenvalue weighted by molar-refractivity contribution is 5.67. The van der Waals surface area contributed by atoms with E-state index >= 15 is 0 Å². The first kappa shape index (κ1) is 13.9. The quantitative estimate of drug-likeness (QED) is 0.470. The van der Waals surface area contributed by atoms with Gasteiger partial charge in [-0.2, -0.15) is 0 Å². The Morgan fingerprint density at radius 3 is 2.94 bits per heavy atom. The molecule has 0 unspecified atom stereocenters. The van der Waals surface area contributed by atoms with Crippen molar-refractivity contribution in [2.45, 2.75) is 26.4 Å². The van der Waals surface area contributed by atoms with E-state index in [-0.39, 0.29) is 12.6 Å². The van der Waals surface area contributed by atoms with E-state index in [1.54, 1.807) is 0 Å². The number of hydrogen-bond acceptors (Lipinski definition) is 5.